The molecular weight excluding hydrogens is 182 g/mol. The molecule has 0 aromatic rings. The summed E-state index contributed by atoms with van der Waals surface area (Å²) in [7, 11) is 0. The summed E-state index contributed by atoms with van der Waals surface area (Å²) in [6.45, 7) is 11.3. The molecule has 0 aromatic carbocycles. The molecule has 0 amide bonds. The summed E-state index contributed by atoms with van der Waals surface area (Å²) in [5.41, 5.74) is 0. The molecule has 1 aliphatic carbocycles. The minimum Gasteiger partial charge on any atom is -0.300 e. The van der Waals surface area contributed by atoms with Crippen molar-refractivity contribution >= 4 is 0 Å². The summed E-state index contributed by atoms with van der Waals surface area (Å²) in [6, 6.07) is 0.966. The minimum atomic E-state index is 0.966. The maximum absolute atomic E-state index is 2.70. The van der Waals surface area contributed by atoms with Crippen molar-refractivity contribution in [1.29, 1.82) is 0 Å². The second-order valence-electron chi connectivity index (χ2n) is 4.83. The Hall–Kier alpha value is -0.0400. The summed E-state index contributed by atoms with van der Waals surface area (Å²) >= 11 is 0. The van der Waals surface area contributed by atoms with Crippen LogP contribution >= 0.6 is 0 Å². The van der Waals surface area contributed by atoms with Gasteiger partial charge in [0, 0.05) is 6.04 Å². The molecule has 2 rings (SSSR count). The Morgan fingerprint density at radius 2 is 1.80 bits per heavy atom. The Kier molecular flexibility index (Phi) is 5.66. The molecule has 0 N–H and O–H groups in total. The van der Waals surface area contributed by atoms with Crippen molar-refractivity contribution in [1.82, 2.24) is 4.90 Å². The van der Waals surface area contributed by atoms with Crippen molar-refractivity contribution in [3.05, 3.63) is 0 Å². The van der Waals surface area contributed by atoms with Crippen LogP contribution in [-0.2, 0) is 0 Å². The Labute approximate surface area is 96.2 Å². The minimum absolute atomic E-state index is 0.966. The van der Waals surface area contributed by atoms with Crippen LogP contribution in [0.3, 0.4) is 0 Å². The first-order chi connectivity index (χ1) is 7.35. The highest BCUT2D eigenvalue weighted by Crippen LogP contribution is 2.39. The van der Waals surface area contributed by atoms with E-state index in [1.807, 2.05) is 13.8 Å². The van der Waals surface area contributed by atoms with Crippen molar-refractivity contribution in [2.24, 2.45) is 11.8 Å². The Morgan fingerprint density at radius 3 is 2.40 bits per heavy atom. The highest BCUT2D eigenvalue weighted by Gasteiger charge is 2.37. The van der Waals surface area contributed by atoms with Crippen LogP contribution in [0.4, 0.5) is 0 Å². The lowest BCUT2D eigenvalue weighted by Crippen LogP contribution is -2.36. The zero-order valence-electron chi connectivity index (χ0n) is 11.1. The van der Waals surface area contributed by atoms with E-state index in [1.165, 1.54) is 45.2 Å². The van der Waals surface area contributed by atoms with Crippen LogP contribution in [0.5, 0.6) is 0 Å². The third-order valence-corrected chi connectivity index (χ3v) is 4.29. The molecule has 90 valence electrons. The molecule has 0 radical (unpaired) electrons. The average Bonchev–Trinajstić information content (AvgIpc) is 2.73. The zero-order valence-corrected chi connectivity index (χ0v) is 11.1. The molecule has 0 aromatic heterocycles. The number of fused-ring (bicyclic) bond motifs is 1. The van der Waals surface area contributed by atoms with E-state index in [9.17, 15) is 0 Å². The quantitative estimate of drug-likeness (QED) is 0.669. The first-order valence-electron chi connectivity index (χ1n) is 7.09. The van der Waals surface area contributed by atoms with Gasteiger partial charge in [-0.25, -0.2) is 0 Å². The molecule has 0 bridgehead atoms. The second kappa shape index (κ2) is 6.52. The van der Waals surface area contributed by atoms with E-state index in [-0.39, 0.29) is 0 Å². The molecule has 3 atom stereocenters. The predicted molar refractivity (Wildman–Crippen MR) is 68.1 cm³/mol. The maximum atomic E-state index is 2.70. The van der Waals surface area contributed by atoms with Crippen LogP contribution in [0.15, 0.2) is 0 Å². The van der Waals surface area contributed by atoms with E-state index in [4.69, 9.17) is 0 Å². The first-order valence-corrected chi connectivity index (χ1v) is 7.09. The van der Waals surface area contributed by atoms with Gasteiger partial charge in [-0.05, 0) is 50.6 Å². The van der Waals surface area contributed by atoms with Crippen LogP contribution < -0.4 is 0 Å². The number of nitrogens with zero attached hydrogens (tertiary/aromatic N) is 1. The highest BCUT2D eigenvalue weighted by molar-refractivity contribution is 4.91. The molecular formula is C14H29N. The number of likely N-dealkylation sites (tertiary alicyclic amines) is 1. The summed E-state index contributed by atoms with van der Waals surface area (Å²) in [5.74, 6) is 2.11. The molecule has 2 fully saturated rings. The summed E-state index contributed by atoms with van der Waals surface area (Å²) < 4.78 is 0. The summed E-state index contributed by atoms with van der Waals surface area (Å²) in [4.78, 5) is 2.70. The van der Waals surface area contributed by atoms with Crippen molar-refractivity contribution in [2.75, 3.05) is 13.1 Å². The van der Waals surface area contributed by atoms with E-state index in [0.29, 0.717) is 0 Å². The van der Waals surface area contributed by atoms with Gasteiger partial charge in [0.1, 0.15) is 0 Å². The van der Waals surface area contributed by atoms with E-state index in [0.717, 1.165) is 17.9 Å². The van der Waals surface area contributed by atoms with Gasteiger partial charge in [0.2, 0.25) is 0 Å². The largest absolute Gasteiger partial charge is 0.300 e. The first kappa shape index (κ1) is 13.0. The molecule has 1 saturated carbocycles. The summed E-state index contributed by atoms with van der Waals surface area (Å²) in [6.07, 6.45) is 7.40. The molecule has 15 heavy (non-hydrogen) atoms. The van der Waals surface area contributed by atoms with Crippen molar-refractivity contribution in [3.63, 3.8) is 0 Å². The molecule has 1 heterocycles. The smallest absolute Gasteiger partial charge is 0.0124 e. The monoisotopic (exact) mass is 211 g/mol. The lowest BCUT2D eigenvalue weighted by atomic mass is 9.77. The van der Waals surface area contributed by atoms with Crippen LogP contribution in [0.2, 0.25) is 0 Å². The number of hydrogen-bond donors (Lipinski definition) is 0. The van der Waals surface area contributed by atoms with E-state index < -0.39 is 0 Å². The van der Waals surface area contributed by atoms with Crippen molar-refractivity contribution in [3.8, 4) is 0 Å². The molecule has 1 saturated heterocycles. The fourth-order valence-corrected chi connectivity index (χ4v) is 3.40. The molecule has 2 aliphatic rings. The summed E-state index contributed by atoms with van der Waals surface area (Å²) in [5, 5.41) is 0. The van der Waals surface area contributed by atoms with Crippen LogP contribution in [-0.4, -0.2) is 24.0 Å². The number of rotatable bonds is 2. The van der Waals surface area contributed by atoms with Gasteiger partial charge in [-0.1, -0.05) is 34.1 Å². The number of hydrogen-bond acceptors (Lipinski definition) is 1. The normalized spacial score (nSPS) is 35.6. The Balaban J connectivity index is 0.000000531. The molecule has 0 spiro atoms. The van der Waals surface area contributed by atoms with Gasteiger partial charge in [0.25, 0.3) is 0 Å². The lowest BCUT2D eigenvalue weighted by Gasteiger charge is -2.35. The SMILES string of the molecule is CC.CCC1CCC2C(CCN2CC)C1. The lowest BCUT2D eigenvalue weighted by molar-refractivity contribution is 0.155. The van der Waals surface area contributed by atoms with Crippen LogP contribution in [0.25, 0.3) is 0 Å². The fourth-order valence-electron chi connectivity index (χ4n) is 3.40. The Bertz CT molecular complexity index is 167. The molecule has 3 unspecified atom stereocenters. The molecule has 1 heteroatoms. The molecule has 1 aliphatic heterocycles. The van der Waals surface area contributed by atoms with Crippen molar-refractivity contribution in [2.45, 2.75) is 65.8 Å². The van der Waals surface area contributed by atoms with Gasteiger partial charge in [-0.2, -0.15) is 0 Å². The van der Waals surface area contributed by atoms with Crippen LogP contribution in [0, 0.1) is 11.8 Å². The van der Waals surface area contributed by atoms with Gasteiger partial charge in [-0.15, -0.1) is 0 Å². The highest BCUT2D eigenvalue weighted by atomic mass is 15.2. The third-order valence-electron chi connectivity index (χ3n) is 4.29. The second-order valence-corrected chi connectivity index (χ2v) is 4.83. The third kappa shape index (κ3) is 2.96. The van der Waals surface area contributed by atoms with Gasteiger partial charge in [-0.3, -0.25) is 0 Å². The van der Waals surface area contributed by atoms with Crippen molar-refractivity contribution < 1.29 is 0 Å². The van der Waals surface area contributed by atoms with Crippen LogP contribution in [0.1, 0.15) is 59.8 Å². The van der Waals surface area contributed by atoms with E-state index in [2.05, 4.69) is 18.7 Å². The van der Waals surface area contributed by atoms with E-state index in [1.54, 1.807) is 0 Å². The maximum Gasteiger partial charge on any atom is 0.0124 e. The average molecular weight is 211 g/mol. The predicted octanol–water partition coefficient (Wildman–Crippen LogP) is 3.93. The zero-order chi connectivity index (χ0) is 11.3. The molecule has 1 nitrogen and oxygen atoms in total. The van der Waals surface area contributed by atoms with Gasteiger partial charge >= 0.3 is 0 Å². The van der Waals surface area contributed by atoms with E-state index >= 15 is 0 Å². The standard InChI is InChI=1S/C12H23N.C2H6/c1-3-10-5-6-12-11(9-10)7-8-13(12)4-2;1-2/h10-12H,3-9H2,1-2H3;1-2H3. The Morgan fingerprint density at radius 1 is 1.07 bits per heavy atom. The van der Waals surface area contributed by atoms with Gasteiger partial charge in [0.15, 0.2) is 0 Å². The topological polar surface area (TPSA) is 3.24 Å². The van der Waals surface area contributed by atoms with Gasteiger partial charge < -0.3 is 4.90 Å². The fraction of sp³-hybridized carbons (Fsp3) is 1.00. The van der Waals surface area contributed by atoms with Gasteiger partial charge in [0.05, 0.1) is 0 Å².